The summed E-state index contributed by atoms with van der Waals surface area (Å²) in [5.74, 6) is -8.00. The summed E-state index contributed by atoms with van der Waals surface area (Å²) in [6, 6.07) is -3.97. The van der Waals surface area contributed by atoms with E-state index in [-0.39, 0.29) is 51.7 Å². The van der Waals surface area contributed by atoms with Crippen LogP contribution in [0.3, 0.4) is 0 Å². The fourth-order valence-corrected chi connectivity index (χ4v) is 11.0. The molecule has 1 aromatic carbocycles. The van der Waals surface area contributed by atoms with Gasteiger partial charge in [-0.05, 0) is 121 Å². The van der Waals surface area contributed by atoms with Gasteiger partial charge in [-0.3, -0.25) is 52.7 Å². The predicted octanol–water partition coefficient (Wildman–Crippen LogP) is -2.44. The minimum atomic E-state index is -1.73. The normalized spacial score (nSPS) is 19.9. The Hall–Kier alpha value is -6.49. The number of rotatable bonds is 29. The fraction of sp³-hybridized carbons (Fsp3) is 0.635. The minimum absolute atomic E-state index is 0.0393. The van der Waals surface area contributed by atoms with Crippen molar-refractivity contribution in [3.63, 3.8) is 0 Å². The zero-order valence-corrected chi connectivity index (χ0v) is 47.5. The van der Waals surface area contributed by atoms with E-state index in [1.165, 1.54) is 54.1 Å². The van der Waals surface area contributed by atoms with Crippen molar-refractivity contribution in [2.24, 2.45) is 11.5 Å². The Balaban J connectivity index is 1.22. The van der Waals surface area contributed by atoms with Crippen LogP contribution in [-0.4, -0.2) is 216 Å². The molecule has 26 nitrogen and oxygen atoms in total. The SMILES string of the molecule is CSCC[C@H](NC(=O)[C@@H]1CCCN1C(=O)[C@H](CCSC)NC(=O)[C@@H]1CCCN1C(=O)[C@H](CCC(=O)O)NC(=O)[C@@H]1CCCN1C(=O)[C@@H](NC(=O)[C@H](CO)NC(=O)C(C)(C)NC(=O)[C@@H](N)Cc1c[nH]c2ccccc12)[C@@H](C)O)C(N)=O. The molecular weight excluding hydrogens is 1080 g/mol. The molecule has 0 spiro atoms. The predicted molar refractivity (Wildman–Crippen MR) is 297 cm³/mol. The van der Waals surface area contributed by atoms with Crippen molar-refractivity contribution in [1.82, 2.24) is 51.6 Å². The second-order valence-electron chi connectivity index (χ2n) is 20.9. The highest BCUT2D eigenvalue weighted by Gasteiger charge is 2.45. The molecule has 1 aromatic heterocycles. The molecule has 14 N–H and O–H groups in total. The largest absolute Gasteiger partial charge is 0.481 e. The minimum Gasteiger partial charge on any atom is -0.481 e. The first-order valence-corrected chi connectivity index (χ1v) is 29.6. The topological polar surface area (TPSA) is 398 Å². The van der Waals surface area contributed by atoms with E-state index in [4.69, 9.17) is 11.5 Å². The number of H-pyrrole nitrogens is 1. The van der Waals surface area contributed by atoms with Crippen LogP contribution in [0.5, 0.6) is 0 Å². The van der Waals surface area contributed by atoms with Crippen LogP contribution in [0.1, 0.15) is 90.5 Å². The van der Waals surface area contributed by atoms with Crippen LogP contribution in [0, 0.1) is 0 Å². The molecule has 0 aliphatic carbocycles. The smallest absolute Gasteiger partial charge is 0.303 e. The number of primary amides is 1. The van der Waals surface area contributed by atoms with Gasteiger partial charge in [0.1, 0.15) is 53.9 Å². The second kappa shape index (κ2) is 29.8. The monoisotopic (exact) mass is 1160 g/mol. The Morgan fingerprint density at radius 1 is 0.700 bits per heavy atom. The summed E-state index contributed by atoms with van der Waals surface area (Å²) in [4.78, 5) is 156. The Labute approximate surface area is 472 Å². The van der Waals surface area contributed by atoms with Crippen molar-refractivity contribution in [2.45, 2.75) is 157 Å². The Morgan fingerprint density at radius 3 is 1.68 bits per heavy atom. The summed E-state index contributed by atoms with van der Waals surface area (Å²) in [6.07, 6.45) is 5.04. The van der Waals surface area contributed by atoms with Gasteiger partial charge in [-0.15, -0.1) is 0 Å². The number of aliphatic carboxylic acids is 1. The van der Waals surface area contributed by atoms with Crippen LogP contribution in [0.2, 0.25) is 0 Å². The molecular formula is C52H78N12O14S2. The molecule has 3 fully saturated rings. The zero-order chi connectivity index (χ0) is 59.0. The molecule has 0 bridgehead atoms. The fourth-order valence-electron chi connectivity index (χ4n) is 10.1. The number of hydrogen-bond acceptors (Lipinski definition) is 16. The number of para-hydroxylation sites is 1. The van der Waals surface area contributed by atoms with E-state index in [0.717, 1.165) is 21.4 Å². The maximum atomic E-state index is 14.4. The number of aliphatic hydroxyl groups excluding tert-OH is 2. The summed E-state index contributed by atoms with van der Waals surface area (Å²) in [5.41, 5.74) is 11.7. The molecule has 28 heteroatoms. The summed E-state index contributed by atoms with van der Waals surface area (Å²) in [7, 11) is 0. The van der Waals surface area contributed by atoms with E-state index in [2.05, 4.69) is 36.9 Å². The molecule has 10 atom stereocenters. The Morgan fingerprint density at radius 2 is 1.19 bits per heavy atom. The summed E-state index contributed by atoms with van der Waals surface area (Å²) in [6.45, 7) is 3.14. The zero-order valence-electron chi connectivity index (χ0n) is 45.8. The number of aliphatic hydroxyl groups is 2. The number of hydrogen-bond donors (Lipinski definition) is 12. The van der Waals surface area contributed by atoms with E-state index in [1.807, 2.05) is 36.8 Å². The van der Waals surface area contributed by atoms with Crippen molar-refractivity contribution in [3.05, 3.63) is 36.0 Å². The number of nitrogens with two attached hydrogens (primary N) is 2. The van der Waals surface area contributed by atoms with Gasteiger partial charge in [0.15, 0.2) is 0 Å². The number of aromatic nitrogens is 1. The van der Waals surface area contributed by atoms with E-state index < -0.39 is 151 Å². The van der Waals surface area contributed by atoms with Crippen LogP contribution < -0.4 is 43.4 Å². The van der Waals surface area contributed by atoms with Crippen LogP contribution in [0.15, 0.2) is 30.5 Å². The Bertz CT molecular complexity index is 2580. The van der Waals surface area contributed by atoms with Crippen molar-refractivity contribution in [2.75, 3.05) is 50.3 Å². The number of fused-ring (bicyclic) bond motifs is 1. The lowest BCUT2D eigenvalue weighted by molar-refractivity contribution is -0.146. The van der Waals surface area contributed by atoms with Gasteiger partial charge in [0.2, 0.25) is 59.1 Å². The second-order valence-corrected chi connectivity index (χ2v) is 22.8. The van der Waals surface area contributed by atoms with E-state index >= 15 is 0 Å². The number of carboxylic acids is 1. The first-order valence-electron chi connectivity index (χ1n) is 26.8. The number of benzene rings is 1. The lowest BCUT2D eigenvalue weighted by Gasteiger charge is -2.33. The Kier molecular flexibility index (Phi) is 24.0. The third-order valence-corrected chi connectivity index (χ3v) is 15.9. The molecule has 0 radical (unpaired) electrons. The van der Waals surface area contributed by atoms with Crippen LogP contribution in [-0.2, 0) is 59.2 Å². The lowest BCUT2D eigenvalue weighted by Crippen LogP contribution is -2.64. The highest BCUT2D eigenvalue weighted by atomic mass is 32.2. The van der Waals surface area contributed by atoms with Crippen molar-refractivity contribution in [1.29, 1.82) is 0 Å². The van der Waals surface area contributed by atoms with E-state index in [9.17, 15) is 68.1 Å². The van der Waals surface area contributed by atoms with Gasteiger partial charge < -0.3 is 78.4 Å². The van der Waals surface area contributed by atoms with Crippen molar-refractivity contribution in [3.8, 4) is 0 Å². The average molecular weight is 1160 g/mol. The number of nitrogens with zero attached hydrogens (tertiary/aromatic N) is 3. The van der Waals surface area contributed by atoms with Gasteiger partial charge in [0, 0.05) is 43.2 Å². The van der Waals surface area contributed by atoms with Gasteiger partial charge in [0.05, 0.1) is 18.8 Å². The summed E-state index contributed by atoms with van der Waals surface area (Å²) in [5, 5.41) is 47.0. The molecule has 3 aliphatic heterocycles. The van der Waals surface area contributed by atoms with Crippen LogP contribution >= 0.6 is 23.5 Å². The summed E-state index contributed by atoms with van der Waals surface area (Å²) < 4.78 is 0. The molecule has 2 aromatic rings. The number of nitrogens with one attached hydrogen (secondary N) is 7. The lowest BCUT2D eigenvalue weighted by atomic mass is 10.0. The highest BCUT2D eigenvalue weighted by Crippen LogP contribution is 2.25. The van der Waals surface area contributed by atoms with Crippen LogP contribution in [0.4, 0.5) is 0 Å². The summed E-state index contributed by atoms with van der Waals surface area (Å²) >= 11 is 2.90. The highest BCUT2D eigenvalue weighted by molar-refractivity contribution is 7.98. The maximum absolute atomic E-state index is 14.4. The molecule has 80 heavy (non-hydrogen) atoms. The molecule has 10 amide bonds. The first kappa shape index (κ1) is 64.3. The van der Waals surface area contributed by atoms with Gasteiger partial charge in [-0.25, -0.2) is 0 Å². The molecule has 0 unspecified atom stereocenters. The molecule has 0 saturated carbocycles. The standard InChI is InChI=1S/C52H78N12O14S2/c1-28(66)41(60-44(71)36(27-65)59-51(78)52(2,3)61-43(70)31(53)25-29-26-55-32-12-7-6-11-30(29)32)50(77)64-22-10-15-39(64)47(74)57-34(16-17-40(67)68)48(75)62-20-9-14-38(62)46(73)58-35(19-24-80-5)49(76)63-21-8-13-37(63)45(72)56-33(42(54)69)18-23-79-4/h6-7,11-12,26,28,31,33-39,41,55,65-66H,8-10,13-25,27,53H2,1-5H3,(H2,54,69)(H,56,72)(H,57,74)(H,58,73)(H,59,78)(H,60,71)(H,61,70)(H,67,68)/t28-,31+,33+,34+,35+,36+,37+,38+,39+,41+/m1/s1. The van der Waals surface area contributed by atoms with E-state index in [0.29, 0.717) is 37.2 Å². The van der Waals surface area contributed by atoms with Gasteiger partial charge >= 0.3 is 5.97 Å². The molecule has 5 rings (SSSR count). The van der Waals surface area contributed by atoms with Gasteiger partial charge in [-0.1, -0.05) is 18.2 Å². The third kappa shape index (κ3) is 16.8. The quantitative estimate of drug-likeness (QED) is 0.0403. The number of carboxylic acid groups (broad SMARTS) is 1. The molecule has 4 heterocycles. The van der Waals surface area contributed by atoms with Gasteiger partial charge in [0.25, 0.3) is 0 Å². The van der Waals surface area contributed by atoms with Gasteiger partial charge in [-0.2, -0.15) is 23.5 Å². The van der Waals surface area contributed by atoms with Crippen molar-refractivity contribution < 1.29 is 68.1 Å². The van der Waals surface area contributed by atoms with Crippen molar-refractivity contribution >= 4 is 99.5 Å². The van der Waals surface area contributed by atoms with Crippen LogP contribution in [0.25, 0.3) is 10.9 Å². The maximum Gasteiger partial charge on any atom is 0.303 e. The first-order chi connectivity index (χ1) is 37.9. The third-order valence-electron chi connectivity index (χ3n) is 14.6. The number of aromatic amines is 1. The number of thioether (sulfide) groups is 2. The molecule has 3 saturated heterocycles. The number of carbonyl (C=O) groups excluding carboxylic acids is 10. The average Bonchev–Trinajstić information content (AvgIpc) is 4.30. The molecule has 3 aliphatic rings. The molecule has 442 valence electrons. The number of amides is 10. The number of carbonyl (C=O) groups is 11. The number of likely N-dealkylation sites (tertiary alicyclic amines) is 3. The van der Waals surface area contributed by atoms with E-state index in [1.54, 1.807) is 6.20 Å².